The average Bonchev–Trinajstić information content (AvgIpc) is 3.04. The van der Waals surface area contributed by atoms with Gasteiger partial charge in [-0.15, -0.1) is 0 Å². The van der Waals surface area contributed by atoms with E-state index in [1.807, 2.05) is 30.3 Å². The Morgan fingerprint density at radius 2 is 2.00 bits per heavy atom. The summed E-state index contributed by atoms with van der Waals surface area (Å²) in [4.78, 5) is 36.6. The second-order valence-electron chi connectivity index (χ2n) is 6.51. The number of thioether (sulfide) groups is 1. The normalized spacial score (nSPS) is 20.8. The number of aliphatic carboxylic acids is 1. The minimum Gasteiger partial charge on any atom is -0.480 e. The van der Waals surface area contributed by atoms with Gasteiger partial charge in [0.15, 0.2) is 5.12 Å². The Hall–Kier alpha value is -1.86. The third-order valence-electron chi connectivity index (χ3n) is 4.38. The predicted octanol–water partition coefficient (Wildman–Crippen LogP) is 2.22. The van der Waals surface area contributed by atoms with Crippen molar-refractivity contribution in [1.29, 1.82) is 0 Å². The minimum atomic E-state index is -1.01. The second kappa shape index (κ2) is 9.73. The summed E-state index contributed by atoms with van der Waals surface area (Å²) >= 11 is 1.08. The van der Waals surface area contributed by atoms with E-state index in [0.29, 0.717) is 18.8 Å². The zero-order valence-corrected chi connectivity index (χ0v) is 15.9. The number of carbonyl (C=O) groups excluding carboxylic acids is 2. The molecule has 0 saturated carbocycles. The van der Waals surface area contributed by atoms with Gasteiger partial charge in [0.25, 0.3) is 0 Å². The Kier molecular flexibility index (Phi) is 7.66. The van der Waals surface area contributed by atoms with Crippen molar-refractivity contribution in [3.05, 3.63) is 35.9 Å². The van der Waals surface area contributed by atoms with Crippen molar-refractivity contribution < 1.29 is 24.2 Å². The molecule has 1 saturated heterocycles. The molecule has 1 aromatic rings. The number of amides is 1. The maximum atomic E-state index is 12.6. The molecule has 2 rings (SSSR count). The number of rotatable bonds is 8. The zero-order valence-electron chi connectivity index (χ0n) is 15.1. The number of likely N-dealkylation sites (tertiary alicyclic amines) is 1. The molecule has 1 unspecified atom stereocenters. The summed E-state index contributed by atoms with van der Waals surface area (Å²) in [6.45, 7) is 3.94. The van der Waals surface area contributed by atoms with Gasteiger partial charge < -0.3 is 14.7 Å². The van der Waals surface area contributed by atoms with Crippen LogP contribution in [0.1, 0.15) is 25.8 Å². The fraction of sp³-hybridized carbons (Fsp3) is 0.526. The lowest BCUT2D eigenvalue weighted by molar-refractivity contribution is -0.149. The van der Waals surface area contributed by atoms with E-state index in [0.717, 1.165) is 23.7 Å². The lowest BCUT2D eigenvalue weighted by Crippen LogP contribution is -2.43. The maximum absolute atomic E-state index is 12.6. The Balaban J connectivity index is 1.89. The number of carbonyl (C=O) groups is 3. The first kappa shape index (κ1) is 20.5. The largest absolute Gasteiger partial charge is 0.480 e. The molecule has 1 N–H and O–H groups in total. The van der Waals surface area contributed by atoms with Crippen LogP contribution in [-0.2, 0) is 25.5 Å². The highest BCUT2D eigenvalue weighted by molar-refractivity contribution is 8.13. The molecule has 1 aromatic carbocycles. The standard InChI is InChI=1S/C19H25NO5S/c1-13(12-26-14(2)21)18(22)20-11-16(10-17(20)19(23)24)25-9-8-15-6-4-3-5-7-15/h3-7,13,16-17H,8-12H2,1-2H3,(H,23,24)/t13?,16-,17+/m1/s1. The van der Waals surface area contributed by atoms with Crippen molar-refractivity contribution in [3.63, 3.8) is 0 Å². The smallest absolute Gasteiger partial charge is 0.326 e. The Bertz CT molecular complexity index is 636. The third-order valence-corrected chi connectivity index (χ3v) is 5.45. The van der Waals surface area contributed by atoms with Crippen LogP contribution >= 0.6 is 11.8 Å². The van der Waals surface area contributed by atoms with Gasteiger partial charge in [-0.2, -0.15) is 0 Å². The molecule has 142 valence electrons. The molecule has 1 aliphatic heterocycles. The lowest BCUT2D eigenvalue weighted by atomic mass is 10.1. The number of carboxylic acid groups (broad SMARTS) is 1. The van der Waals surface area contributed by atoms with E-state index in [9.17, 15) is 19.5 Å². The van der Waals surface area contributed by atoms with Crippen molar-refractivity contribution in [2.75, 3.05) is 18.9 Å². The number of hydrogen-bond acceptors (Lipinski definition) is 5. The fourth-order valence-electron chi connectivity index (χ4n) is 2.98. The van der Waals surface area contributed by atoms with Crippen molar-refractivity contribution in [1.82, 2.24) is 4.90 Å². The molecule has 3 atom stereocenters. The summed E-state index contributed by atoms with van der Waals surface area (Å²) in [6, 6.07) is 9.05. The van der Waals surface area contributed by atoms with Crippen LogP contribution in [0.5, 0.6) is 0 Å². The summed E-state index contributed by atoms with van der Waals surface area (Å²) in [7, 11) is 0. The van der Waals surface area contributed by atoms with Gasteiger partial charge in [-0.05, 0) is 12.0 Å². The number of carboxylic acids is 1. The first-order chi connectivity index (χ1) is 12.4. The van der Waals surface area contributed by atoms with Crippen LogP contribution in [0.4, 0.5) is 0 Å². The van der Waals surface area contributed by atoms with Gasteiger partial charge in [0.1, 0.15) is 6.04 Å². The number of benzene rings is 1. The molecular weight excluding hydrogens is 354 g/mol. The molecule has 26 heavy (non-hydrogen) atoms. The molecule has 1 heterocycles. The van der Waals surface area contributed by atoms with Gasteiger partial charge in [0, 0.05) is 31.6 Å². The van der Waals surface area contributed by atoms with Gasteiger partial charge in [-0.25, -0.2) is 4.79 Å². The van der Waals surface area contributed by atoms with Gasteiger partial charge >= 0.3 is 5.97 Å². The van der Waals surface area contributed by atoms with Gasteiger partial charge in [0.05, 0.1) is 12.7 Å². The van der Waals surface area contributed by atoms with Crippen molar-refractivity contribution in [3.8, 4) is 0 Å². The summed E-state index contributed by atoms with van der Waals surface area (Å²) < 4.78 is 5.83. The van der Waals surface area contributed by atoms with Crippen LogP contribution in [0.2, 0.25) is 0 Å². The Labute approximate surface area is 157 Å². The Morgan fingerprint density at radius 1 is 1.31 bits per heavy atom. The van der Waals surface area contributed by atoms with E-state index in [4.69, 9.17) is 4.74 Å². The lowest BCUT2D eigenvalue weighted by Gasteiger charge is -2.24. The molecule has 1 aliphatic rings. The highest BCUT2D eigenvalue weighted by atomic mass is 32.2. The van der Waals surface area contributed by atoms with E-state index in [1.54, 1.807) is 6.92 Å². The Morgan fingerprint density at radius 3 is 2.62 bits per heavy atom. The number of ether oxygens (including phenoxy) is 1. The zero-order chi connectivity index (χ0) is 19.1. The molecule has 0 aliphatic carbocycles. The van der Waals surface area contributed by atoms with Crippen molar-refractivity contribution in [2.24, 2.45) is 5.92 Å². The van der Waals surface area contributed by atoms with E-state index < -0.39 is 17.9 Å². The fourth-order valence-corrected chi connectivity index (χ4v) is 3.61. The van der Waals surface area contributed by atoms with Crippen molar-refractivity contribution in [2.45, 2.75) is 38.8 Å². The quantitative estimate of drug-likeness (QED) is 0.746. The molecule has 0 radical (unpaired) electrons. The first-order valence-corrected chi connectivity index (χ1v) is 9.69. The topological polar surface area (TPSA) is 83.9 Å². The van der Waals surface area contributed by atoms with E-state index in [1.165, 1.54) is 11.8 Å². The first-order valence-electron chi connectivity index (χ1n) is 8.70. The average molecular weight is 379 g/mol. The van der Waals surface area contributed by atoms with Crippen LogP contribution in [0.25, 0.3) is 0 Å². The van der Waals surface area contributed by atoms with E-state index >= 15 is 0 Å². The molecule has 1 fully saturated rings. The van der Waals surface area contributed by atoms with Gasteiger partial charge in [-0.1, -0.05) is 49.0 Å². The van der Waals surface area contributed by atoms with Gasteiger partial charge in [0.2, 0.25) is 5.91 Å². The maximum Gasteiger partial charge on any atom is 0.326 e. The molecular formula is C19H25NO5S. The summed E-state index contributed by atoms with van der Waals surface area (Å²) in [5, 5.41) is 9.39. The SMILES string of the molecule is CC(=O)SCC(C)C(=O)N1C[C@H](OCCc2ccccc2)C[C@H]1C(=O)O. The van der Waals surface area contributed by atoms with Crippen LogP contribution in [0.3, 0.4) is 0 Å². The summed E-state index contributed by atoms with van der Waals surface area (Å²) in [5.74, 6) is -1.30. The van der Waals surface area contributed by atoms with E-state index in [-0.39, 0.29) is 23.7 Å². The summed E-state index contributed by atoms with van der Waals surface area (Å²) in [5.41, 5.74) is 1.16. The second-order valence-corrected chi connectivity index (χ2v) is 7.71. The minimum absolute atomic E-state index is 0.0528. The molecule has 0 bridgehead atoms. The molecule has 0 aromatic heterocycles. The number of hydrogen-bond donors (Lipinski definition) is 1. The molecule has 6 nitrogen and oxygen atoms in total. The monoisotopic (exact) mass is 379 g/mol. The van der Waals surface area contributed by atoms with Crippen LogP contribution in [0.15, 0.2) is 30.3 Å². The van der Waals surface area contributed by atoms with Crippen LogP contribution in [-0.4, -0.2) is 58.0 Å². The highest BCUT2D eigenvalue weighted by Gasteiger charge is 2.41. The van der Waals surface area contributed by atoms with E-state index in [2.05, 4.69) is 0 Å². The molecule has 7 heteroatoms. The molecule has 0 spiro atoms. The van der Waals surface area contributed by atoms with Crippen molar-refractivity contribution >= 4 is 28.8 Å². The third kappa shape index (κ3) is 5.85. The van der Waals surface area contributed by atoms with Gasteiger partial charge in [-0.3, -0.25) is 9.59 Å². The van der Waals surface area contributed by atoms with Crippen LogP contribution in [0, 0.1) is 5.92 Å². The number of nitrogens with zero attached hydrogens (tertiary/aromatic N) is 1. The molecule has 1 amide bonds. The summed E-state index contributed by atoms with van der Waals surface area (Å²) in [6.07, 6.45) is 0.758. The van der Waals surface area contributed by atoms with Crippen LogP contribution < -0.4 is 0 Å². The predicted molar refractivity (Wildman–Crippen MR) is 99.9 cm³/mol. The highest BCUT2D eigenvalue weighted by Crippen LogP contribution is 2.24.